The van der Waals surface area contributed by atoms with Crippen molar-refractivity contribution >= 4 is 11.5 Å². The summed E-state index contributed by atoms with van der Waals surface area (Å²) in [6, 6.07) is 10.0. The number of fused-ring (bicyclic) bond motifs is 1. The van der Waals surface area contributed by atoms with E-state index in [0.717, 1.165) is 65.7 Å². The molecule has 2 aromatic heterocycles. The summed E-state index contributed by atoms with van der Waals surface area (Å²) in [5.41, 5.74) is 4.72. The van der Waals surface area contributed by atoms with Crippen LogP contribution in [0.1, 0.15) is 24.2 Å². The Morgan fingerprint density at radius 2 is 2.15 bits per heavy atom. The molecule has 26 heavy (non-hydrogen) atoms. The average molecular weight is 352 g/mol. The van der Waals surface area contributed by atoms with Crippen LogP contribution in [0.25, 0.3) is 16.8 Å². The molecule has 3 aromatic rings. The van der Waals surface area contributed by atoms with Gasteiger partial charge in [-0.05, 0) is 32.8 Å². The van der Waals surface area contributed by atoms with Crippen LogP contribution in [0.3, 0.4) is 0 Å². The minimum Gasteiger partial charge on any atom is -0.496 e. The number of nitrogens with zero attached hydrogens (tertiary/aromatic N) is 3. The Labute approximate surface area is 153 Å². The highest BCUT2D eigenvalue weighted by Crippen LogP contribution is 2.35. The van der Waals surface area contributed by atoms with E-state index in [9.17, 15) is 0 Å². The molecule has 1 aromatic carbocycles. The van der Waals surface area contributed by atoms with Crippen molar-refractivity contribution in [3.8, 4) is 16.9 Å². The molecule has 0 saturated carbocycles. The van der Waals surface area contributed by atoms with Crippen LogP contribution < -0.4 is 10.1 Å². The van der Waals surface area contributed by atoms with Gasteiger partial charge in [0.25, 0.3) is 0 Å². The molecule has 1 atom stereocenters. The fraction of sp³-hybridized carbons (Fsp3) is 0.400. The first kappa shape index (κ1) is 16.8. The monoisotopic (exact) mass is 352 g/mol. The lowest BCUT2D eigenvalue weighted by Crippen LogP contribution is -2.20. The third kappa shape index (κ3) is 3.01. The SMILES string of the molecule is COc1ccccc1-c1c(C)nn2c(NC[C@@H]3CCCO3)cc(C)nc12. The minimum atomic E-state index is 0.267. The Morgan fingerprint density at radius 1 is 1.31 bits per heavy atom. The van der Waals surface area contributed by atoms with E-state index in [1.54, 1.807) is 7.11 Å². The van der Waals surface area contributed by atoms with Gasteiger partial charge in [0.1, 0.15) is 11.6 Å². The number of aryl methyl sites for hydroxylation is 2. The van der Waals surface area contributed by atoms with E-state index in [1.165, 1.54) is 0 Å². The standard InChI is InChI=1S/C20H24N4O2/c1-13-11-18(21-12-15-7-6-10-26-15)24-20(22-13)19(14(2)23-24)16-8-4-5-9-17(16)25-3/h4-5,8-9,11,15,21H,6-7,10,12H2,1-3H3/t15-/m0/s1. The Bertz CT molecular complexity index is 929. The van der Waals surface area contributed by atoms with Crippen molar-refractivity contribution in [1.29, 1.82) is 0 Å². The van der Waals surface area contributed by atoms with Crippen LogP contribution >= 0.6 is 0 Å². The van der Waals surface area contributed by atoms with Gasteiger partial charge in [-0.25, -0.2) is 4.98 Å². The van der Waals surface area contributed by atoms with Crippen molar-refractivity contribution in [2.75, 3.05) is 25.6 Å². The zero-order valence-electron chi connectivity index (χ0n) is 15.5. The number of rotatable bonds is 5. The van der Waals surface area contributed by atoms with Gasteiger partial charge < -0.3 is 14.8 Å². The first-order chi connectivity index (χ1) is 12.7. The number of para-hydroxylation sites is 1. The maximum absolute atomic E-state index is 5.72. The Hall–Kier alpha value is -2.60. The summed E-state index contributed by atoms with van der Waals surface area (Å²) in [6.07, 6.45) is 2.50. The van der Waals surface area contributed by atoms with Crippen molar-refractivity contribution in [2.45, 2.75) is 32.8 Å². The molecule has 0 aliphatic carbocycles. The second kappa shape index (κ2) is 6.96. The van der Waals surface area contributed by atoms with E-state index >= 15 is 0 Å². The molecule has 0 radical (unpaired) electrons. The highest BCUT2D eigenvalue weighted by atomic mass is 16.5. The summed E-state index contributed by atoms with van der Waals surface area (Å²) in [7, 11) is 1.69. The van der Waals surface area contributed by atoms with Crippen LogP contribution in [-0.2, 0) is 4.74 Å². The Morgan fingerprint density at radius 3 is 2.92 bits per heavy atom. The lowest BCUT2D eigenvalue weighted by molar-refractivity contribution is 0.120. The summed E-state index contributed by atoms with van der Waals surface area (Å²) >= 11 is 0. The highest BCUT2D eigenvalue weighted by molar-refractivity contribution is 5.84. The van der Waals surface area contributed by atoms with Crippen LogP contribution in [0, 0.1) is 13.8 Å². The zero-order chi connectivity index (χ0) is 18.1. The van der Waals surface area contributed by atoms with E-state index < -0.39 is 0 Å². The van der Waals surface area contributed by atoms with E-state index in [-0.39, 0.29) is 6.10 Å². The third-order valence-corrected chi connectivity index (χ3v) is 4.80. The maximum atomic E-state index is 5.72. The number of hydrogen-bond acceptors (Lipinski definition) is 5. The molecule has 6 heteroatoms. The first-order valence-corrected chi connectivity index (χ1v) is 9.03. The summed E-state index contributed by atoms with van der Waals surface area (Å²) in [5.74, 6) is 1.76. The van der Waals surface area contributed by atoms with Gasteiger partial charge >= 0.3 is 0 Å². The van der Waals surface area contributed by atoms with Crippen LogP contribution in [0.2, 0.25) is 0 Å². The second-order valence-electron chi connectivity index (χ2n) is 6.69. The molecule has 6 nitrogen and oxygen atoms in total. The molecule has 0 unspecified atom stereocenters. The second-order valence-corrected chi connectivity index (χ2v) is 6.69. The number of benzene rings is 1. The van der Waals surface area contributed by atoms with E-state index in [0.29, 0.717) is 0 Å². The molecule has 136 valence electrons. The van der Waals surface area contributed by atoms with Crippen LogP contribution in [-0.4, -0.2) is 41.0 Å². The molecule has 1 aliphatic heterocycles. The maximum Gasteiger partial charge on any atom is 0.165 e. The smallest absolute Gasteiger partial charge is 0.165 e. The number of aromatic nitrogens is 3. The van der Waals surface area contributed by atoms with Gasteiger partial charge in [0, 0.05) is 30.5 Å². The Balaban J connectivity index is 1.79. The van der Waals surface area contributed by atoms with Crippen molar-refractivity contribution in [1.82, 2.24) is 14.6 Å². The number of methoxy groups -OCH3 is 1. The third-order valence-electron chi connectivity index (χ3n) is 4.80. The van der Waals surface area contributed by atoms with Crippen LogP contribution in [0.4, 0.5) is 5.82 Å². The van der Waals surface area contributed by atoms with Gasteiger partial charge in [-0.2, -0.15) is 9.61 Å². The van der Waals surface area contributed by atoms with E-state index in [1.807, 2.05) is 48.7 Å². The topological polar surface area (TPSA) is 60.7 Å². The Kier molecular flexibility index (Phi) is 4.51. The molecule has 1 aliphatic rings. The minimum absolute atomic E-state index is 0.267. The normalized spacial score (nSPS) is 17.0. The van der Waals surface area contributed by atoms with Crippen LogP contribution in [0.15, 0.2) is 30.3 Å². The number of anilines is 1. The molecule has 1 fully saturated rings. The summed E-state index contributed by atoms with van der Waals surface area (Å²) in [5, 5.41) is 8.24. The number of nitrogens with one attached hydrogen (secondary N) is 1. The summed E-state index contributed by atoms with van der Waals surface area (Å²) in [4.78, 5) is 4.76. The number of hydrogen-bond donors (Lipinski definition) is 1. The van der Waals surface area contributed by atoms with Gasteiger partial charge in [-0.15, -0.1) is 0 Å². The largest absolute Gasteiger partial charge is 0.496 e. The quantitative estimate of drug-likeness (QED) is 0.760. The van der Waals surface area contributed by atoms with Gasteiger partial charge in [0.2, 0.25) is 0 Å². The molecule has 0 amide bonds. The predicted molar refractivity (Wildman–Crippen MR) is 102 cm³/mol. The van der Waals surface area contributed by atoms with Gasteiger partial charge in [-0.1, -0.05) is 18.2 Å². The average Bonchev–Trinajstić information content (AvgIpc) is 3.27. The lowest BCUT2D eigenvalue weighted by atomic mass is 10.1. The zero-order valence-corrected chi connectivity index (χ0v) is 15.5. The van der Waals surface area contributed by atoms with E-state index in [4.69, 9.17) is 19.6 Å². The van der Waals surface area contributed by atoms with Crippen molar-refractivity contribution in [2.24, 2.45) is 0 Å². The van der Waals surface area contributed by atoms with Crippen molar-refractivity contribution < 1.29 is 9.47 Å². The van der Waals surface area contributed by atoms with Crippen molar-refractivity contribution in [3.63, 3.8) is 0 Å². The molecule has 3 heterocycles. The molecule has 1 saturated heterocycles. The van der Waals surface area contributed by atoms with Gasteiger partial charge in [0.15, 0.2) is 5.65 Å². The van der Waals surface area contributed by atoms with E-state index in [2.05, 4.69) is 5.32 Å². The molecular formula is C20H24N4O2. The van der Waals surface area contributed by atoms with Gasteiger partial charge in [-0.3, -0.25) is 0 Å². The van der Waals surface area contributed by atoms with Crippen LogP contribution in [0.5, 0.6) is 5.75 Å². The molecule has 0 spiro atoms. The number of ether oxygens (including phenoxy) is 2. The molecular weight excluding hydrogens is 328 g/mol. The summed E-state index contributed by atoms with van der Waals surface area (Å²) in [6.45, 7) is 5.65. The molecule has 1 N–H and O–H groups in total. The first-order valence-electron chi connectivity index (χ1n) is 9.03. The van der Waals surface area contributed by atoms with Gasteiger partial charge in [0.05, 0.1) is 24.5 Å². The highest BCUT2D eigenvalue weighted by Gasteiger charge is 2.20. The van der Waals surface area contributed by atoms with Crippen molar-refractivity contribution in [3.05, 3.63) is 41.7 Å². The predicted octanol–water partition coefficient (Wildman–Crippen LogP) is 3.61. The molecule has 4 rings (SSSR count). The fourth-order valence-electron chi connectivity index (χ4n) is 3.56. The lowest BCUT2D eigenvalue weighted by Gasteiger charge is -2.13. The fourth-order valence-corrected chi connectivity index (χ4v) is 3.56. The molecule has 0 bridgehead atoms. The summed E-state index contributed by atoms with van der Waals surface area (Å²) < 4.78 is 13.2.